The van der Waals surface area contributed by atoms with E-state index in [1.807, 2.05) is 53.3 Å². The van der Waals surface area contributed by atoms with Crippen LogP contribution in [0.25, 0.3) is 33.2 Å². The summed E-state index contributed by atoms with van der Waals surface area (Å²) < 4.78 is 7.53. The van der Waals surface area contributed by atoms with Crippen molar-refractivity contribution < 1.29 is 9.32 Å². The van der Waals surface area contributed by atoms with Crippen molar-refractivity contribution in [2.45, 2.75) is 25.9 Å². The van der Waals surface area contributed by atoms with E-state index in [-0.39, 0.29) is 0 Å². The molecule has 198 valence electrons. The van der Waals surface area contributed by atoms with Crippen molar-refractivity contribution in [1.82, 2.24) is 34.8 Å². The number of nitrogens with zero attached hydrogens (tertiary/aromatic N) is 7. The van der Waals surface area contributed by atoms with E-state index in [0.717, 1.165) is 46.1 Å². The second kappa shape index (κ2) is 10.3. The van der Waals surface area contributed by atoms with Crippen molar-refractivity contribution in [1.29, 1.82) is 0 Å². The molecule has 10 nitrogen and oxygen atoms in total. The zero-order valence-electron chi connectivity index (χ0n) is 21.7. The summed E-state index contributed by atoms with van der Waals surface area (Å²) in [6.45, 7) is 2.69. The van der Waals surface area contributed by atoms with Gasteiger partial charge in [-0.05, 0) is 42.0 Å². The third-order valence-electron chi connectivity index (χ3n) is 7.21. The van der Waals surface area contributed by atoms with Crippen LogP contribution in [-0.4, -0.2) is 53.7 Å². The Balaban J connectivity index is 1.12. The lowest BCUT2D eigenvalue weighted by molar-refractivity contribution is -0.121. The first-order valence-corrected chi connectivity index (χ1v) is 13.3. The van der Waals surface area contributed by atoms with Gasteiger partial charge in [0.25, 0.3) is 0 Å². The minimum Gasteiger partial charge on any atom is -0.340 e. The Morgan fingerprint density at radius 3 is 2.67 bits per heavy atom. The van der Waals surface area contributed by atoms with Gasteiger partial charge in [0, 0.05) is 48.0 Å². The standard InChI is InChI=1S/C30H26N8O2/c39-24-10-12-37(13-11-24)18-28-35-29(36-40-28)21-6-8-26-25(15-21)30(32-19-31-26)34-23-7-9-27-22(14-23)16-33-38(27)17-20-4-2-1-3-5-20/h1-9,14-16,19H,10-13,17-18H2,(H,31,32,34). The molecule has 0 bridgehead atoms. The number of rotatable bonds is 7. The fourth-order valence-corrected chi connectivity index (χ4v) is 5.07. The van der Waals surface area contributed by atoms with Gasteiger partial charge in [-0.15, -0.1) is 0 Å². The van der Waals surface area contributed by atoms with E-state index in [0.29, 0.717) is 49.2 Å². The minimum atomic E-state index is 0.309. The highest BCUT2D eigenvalue weighted by Gasteiger charge is 2.19. The lowest BCUT2D eigenvalue weighted by Gasteiger charge is -2.23. The number of anilines is 2. The Morgan fingerprint density at radius 2 is 1.80 bits per heavy atom. The van der Waals surface area contributed by atoms with Gasteiger partial charge in [-0.25, -0.2) is 9.97 Å². The molecule has 0 atom stereocenters. The molecule has 3 aromatic heterocycles. The maximum Gasteiger partial charge on any atom is 0.241 e. The summed E-state index contributed by atoms with van der Waals surface area (Å²) in [4.78, 5) is 27.3. The molecule has 1 saturated heterocycles. The Labute approximate surface area is 229 Å². The Kier molecular flexibility index (Phi) is 6.21. The summed E-state index contributed by atoms with van der Waals surface area (Å²) in [5.74, 6) is 2.04. The normalized spacial score (nSPS) is 14.2. The van der Waals surface area contributed by atoms with Crippen LogP contribution in [0.1, 0.15) is 24.3 Å². The fraction of sp³-hybridized carbons (Fsp3) is 0.200. The highest BCUT2D eigenvalue weighted by atomic mass is 16.5. The van der Waals surface area contributed by atoms with Gasteiger partial charge in [-0.1, -0.05) is 35.5 Å². The summed E-state index contributed by atoms with van der Waals surface area (Å²) in [7, 11) is 0. The van der Waals surface area contributed by atoms with Gasteiger partial charge in [0.15, 0.2) is 0 Å². The number of hydrogen-bond acceptors (Lipinski definition) is 9. The quantitative estimate of drug-likeness (QED) is 0.305. The van der Waals surface area contributed by atoms with Crippen LogP contribution in [0.3, 0.4) is 0 Å². The molecule has 0 amide bonds. The molecule has 1 aliphatic heterocycles. The van der Waals surface area contributed by atoms with Gasteiger partial charge >= 0.3 is 0 Å². The largest absolute Gasteiger partial charge is 0.340 e. The van der Waals surface area contributed by atoms with Crippen molar-refractivity contribution in [2.75, 3.05) is 18.4 Å². The number of piperidine rings is 1. The van der Waals surface area contributed by atoms with E-state index in [2.05, 4.69) is 59.7 Å². The van der Waals surface area contributed by atoms with Crippen LogP contribution in [0, 0.1) is 0 Å². The average Bonchev–Trinajstić information content (AvgIpc) is 3.62. The van der Waals surface area contributed by atoms with Crippen molar-refractivity contribution in [3.05, 3.63) is 90.7 Å². The summed E-state index contributed by atoms with van der Waals surface area (Å²) >= 11 is 0. The molecular weight excluding hydrogens is 504 g/mol. The molecule has 1 N–H and O–H groups in total. The number of aromatic nitrogens is 6. The van der Waals surface area contributed by atoms with E-state index in [1.165, 1.54) is 5.56 Å². The molecule has 0 aliphatic carbocycles. The summed E-state index contributed by atoms with van der Waals surface area (Å²) in [6.07, 6.45) is 4.58. The Bertz CT molecular complexity index is 1820. The summed E-state index contributed by atoms with van der Waals surface area (Å²) in [5.41, 5.74) is 4.79. The summed E-state index contributed by atoms with van der Waals surface area (Å²) in [6, 6.07) is 22.3. The van der Waals surface area contributed by atoms with Gasteiger partial charge in [-0.3, -0.25) is 14.4 Å². The molecule has 0 spiro atoms. The molecule has 3 aromatic carbocycles. The van der Waals surface area contributed by atoms with Gasteiger partial charge in [0.05, 0.1) is 30.3 Å². The van der Waals surface area contributed by atoms with E-state index < -0.39 is 0 Å². The lowest BCUT2D eigenvalue weighted by Crippen LogP contribution is -2.33. The Hall–Kier alpha value is -4.96. The molecule has 0 unspecified atom stereocenters. The maximum atomic E-state index is 11.5. The van der Waals surface area contributed by atoms with E-state index in [4.69, 9.17) is 4.52 Å². The predicted octanol–water partition coefficient (Wildman–Crippen LogP) is 4.99. The number of Topliss-reactive ketones (excluding diaryl/α,β-unsaturated/α-hetero) is 1. The van der Waals surface area contributed by atoms with Crippen LogP contribution < -0.4 is 5.32 Å². The van der Waals surface area contributed by atoms with Gasteiger partial charge in [0.1, 0.15) is 17.9 Å². The van der Waals surface area contributed by atoms with Gasteiger partial charge < -0.3 is 9.84 Å². The first-order chi connectivity index (χ1) is 19.7. The van der Waals surface area contributed by atoms with Crippen molar-refractivity contribution in [3.8, 4) is 11.4 Å². The van der Waals surface area contributed by atoms with Crippen LogP contribution in [0.5, 0.6) is 0 Å². The zero-order valence-corrected chi connectivity index (χ0v) is 21.7. The minimum absolute atomic E-state index is 0.309. The van der Waals surface area contributed by atoms with E-state index in [9.17, 15) is 4.79 Å². The van der Waals surface area contributed by atoms with Crippen LogP contribution in [0.2, 0.25) is 0 Å². The number of carbonyl (C=O) groups excluding carboxylic acids is 1. The molecule has 1 fully saturated rings. The van der Waals surface area contributed by atoms with E-state index in [1.54, 1.807) is 6.33 Å². The molecular formula is C30H26N8O2. The summed E-state index contributed by atoms with van der Waals surface area (Å²) in [5, 5.41) is 14.1. The van der Waals surface area contributed by atoms with Crippen molar-refractivity contribution in [3.63, 3.8) is 0 Å². The number of likely N-dealkylation sites (tertiary alicyclic amines) is 1. The lowest BCUT2D eigenvalue weighted by atomic mass is 10.1. The van der Waals surface area contributed by atoms with Crippen LogP contribution in [0.4, 0.5) is 11.5 Å². The molecule has 0 radical (unpaired) electrons. The molecule has 10 heteroatoms. The molecule has 6 aromatic rings. The SMILES string of the molecule is O=C1CCN(Cc2nc(-c3ccc4ncnc(Nc5ccc6c(cnn6Cc6ccccc6)c5)c4c3)no2)CC1. The maximum absolute atomic E-state index is 11.5. The number of hydrogen-bond donors (Lipinski definition) is 1. The second-order valence-electron chi connectivity index (χ2n) is 9.97. The van der Waals surface area contributed by atoms with Crippen LogP contribution >= 0.6 is 0 Å². The topological polar surface area (TPSA) is 115 Å². The van der Waals surface area contributed by atoms with Crippen LogP contribution in [-0.2, 0) is 17.9 Å². The molecule has 0 saturated carbocycles. The number of ketones is 1. The van der Waals surface area contributed by atoms with Crippen molar-refractivity contribution >= 4 is 39.1 Å². The predicted molar refractivity (Wildman–Crippen MR) is 151 cm³/mol. The average molecular weight is 531 g/mol. The molecule has 7 rings (SSSR count). The Morgan fingerprint density at radius 1 is 0.925 bits per heavy atom. The molecule has 1 aliphatic rings. The number of carbonyl (C=O) groups is 1. The van der Waals surface area contributed by atoms with Crippen LogP contribution in [0.15, 0.2) is 83.8 Å². The number of fused-ring (bicyclic) bond motifs is 2. The highest BCUT2D eigenvalue weighted by molar-refractivity contribution is 5.94. The molecule has 40 heavy (non-hydrogen) atoms. The first-order valence-electron chi connectivity index (χ1n) is 13.3. The third kappa shape index (κ3) is 4.92. The van der Waals surface area contributed by atoms with E-state index >= 15 is 0 Å². The van der Waals surface area contributed by atoms with Gasteiger partial charge in [-0.2, -0.15) is 10.1 Å². The number of nitrogens with one attached hydrogen (secondary N) is 1. The second-order valence-corrected chi connectivity index (χ2v) is 9.97. The highest BCUT2D eigenvalue weighted by Crippen LogP contribution is 2.29. The number of benzene rings is 3. The van der Waals surface area contributed by atoms with Crippen molar-refractivity contribution in [2.24, 2.45) is 0 Å². The molecule has 4 heterocycles. The first kappa shape index (κ1) is 24.1. The zero-order chi connectivity index (χ0) is 26.9. The van der Waals surface area contributed by atoms with Gasteiger partial charge in [0.2, 0.25) is 11.7 Å². The smallest absolute Gasteiger partial charge is 0.241 e. The monoisotopic (exact) mass is 530 g/mol. The third-order valence-corrected chi connectivity index (χ3v) is 7.21. The fourth-order valence-electron chi connectivity index (χ4n) is 5.07.